The summed E-state index contributed by atoms with van der Waals surface area (Å²) >= 11 is 0. The molecule has 0 unspecified atom stereocenters. The molecule has 0 radical (unpaired) electrons. The Hall–Kier alpha value is -2.62. The van der Waals surface area contributed by atoms with Crippen molar-refractivity contribution in [3.8, 4) is 0 Å². The normalized spacial score (nSPS) is 16.2. The van der Waals surface area contributed by atoms with Crippen LogP contribution in [0.4, 0.5) is 5.69 Å². The molecule has 2 aliphatic rings. The molecule has 4 nitrogen and oxygen atoms in total. The fraction of sp³-hybridized carbons (Fsp3) is 0.333. The number of carbonyl (C=O) groups excluding carboxylic acids is 2. The van der Waals surface area contributed by atoms with Gasteiger partial charge in [-0.3, -0.25) is 9.59 Å². The molecule has 128 valence electrons. The number of benzene rings is 2. The van der Waals surface area contributed by atoms with E-state index >= 15 is 0 Å². The second-order valence-corrected chi connectivity index (χ2v) is 6.88. The average molecular weight is 334 g/mol. The second-order valence-electron chi connectivity index (χ2n) is 6.88. The van der Waals surface area contributed by atoms with Crippen LogP contribution in [0.3, 0.4) is 0 Å². The minimum atomic E-state index is 0.0467. The maximum atomic E-state index is 12.7. The molecule has 25 heavy (non-hydrogen) atoms. The zero-order valence-electron chi connectivity index (χ0n) is 14.2. The Morgan fingerprint density at radius 3 is 2.60 bits per heavy atom. The maximum absolute atomic E-state index is 12.7. The van der Waals surface area contributed by atoms with Crippen molar-refractivity contribution in [3.05, 3.63) is 65.2 Å². The number of amides is 2. The van der Waals surface area contributed by atoms with E-state index in [1.54, 1.807) is 0 Å². The summed E-state index contributed by atoms with van der Waals surface area (Å²) in [6.45, 7) is 1.27. The summed E-state index contributed by atoms with van der Waals surface area (Å²) in [5.74, 6) is 0.437. The van der Waals surface area contributed by atoms with Gasteiger partial charge in [-0.15, -0.1) is 0 Å². The van der Waals surface area contributed by atoms with Crippen LogP contribution in [0.1, 0.15) is 40.7 Å². The van der Waals surface area contributed by atoms with Gasteiger partial charge in [-0.05, 0) is 48.6 Å². The molecule has 1 aliphatic carbocycles. The van der Waals surface area contributed by atoms with E-state index in [1.807, 2.05) is 47.4 Å². The average Bonchev–Trinajstić information content (AvgIpc) is 3.02. The van der Waals surface area contributed by atoms with Crippen LogP contribution in [0.25, 0.3) is 0 Å². The second kappa shape index (κ2) is 6.71. The van der Waals surface area contributed by atoms with Gasteiger partial charge in [-0.2, -0.15) is 0 Å². The third-order valence-electron chi connectivity index (χ3n) is 5.25. The molecule has 1 heterocycles. The summed E-state index contributed by atoms with van der Waals surface area (Å²) in [7, 11) is 0. The molecule has 2 amide bonds. The molecule has 0 bridgehead atoms. The van der Waals surface area contributed by atoms with Crippen molar-refractivity contribution < 1.29 is 9.59 Å². The molecule has 4 rings (SSSR count). The van der Waals surface area contributed by atoms with Crippen molar-refractivity contribution in [2.24, 2.45) is 5.92 Å². The van der Waals surface area contributed by atoms with Gasteiger partial charge in [0.15, 0.2) is 0 Å². The molecule has 0 saturated heterocycles. The van der Waals surface area contributed by atoms with Crippen molar-refractivity contribution in [2.75, 3.05) is 11.4 Å². The maximum Gasteiger partial charge on any atom is 0.258 e. The van der Waals surface area contributed by atoms with Gasteiger partial charge < -0.3 is 10.2 Å². The highest BCUT2D eigenvalue weighted by Gasteiger charge is 2.26. The summed E-state index contributed by atoms with van der Waals surface area (Å²) in [4.78, 5) is 26.5. The van der Waals surface area contributed by atoms with Crippen molar-refractivity contribution in [3.63, 3.8) is 0 Å². The third-order valence-corrected chi connectivity index (χ3v) is 5.25. The Bertz CT molecular complexity index is 797. The zero-order chi connectivity index (χ0) is 17.2. The van der Waals surface area contributed by atoms with Gasteiger partial charge in [0.05, 0.1) is 0 Å². The Balaban J connectivity index is 1.45. The van der Waals surface area contributed by atoms with Crippen LogP contribution in [-0.2, 0) is 17.8 Å². The number of hydrogen-bond acceptors (Lipinski definition) is 2. The molecule has 1 fully saturated rings. The van der Waals surface area contributed by atoms with E-state index in [0.717, 1.165) is 30.5 Å². The molecule has 1 aliphatic heterocycles. The van der Waals surface area contributed by atoms with E-state index in [4.69, 9.17) is 0 Å². The number of anilines is 1. The molecule has 2 aromatic rings. The fourth-order valence-electron chi connectivity index (χ4n) is 3.52. The summed E-state index contributed by atoms with van der Waals surface area (Å²) < 4.78 is 0. The highest BCUT2D eigenvalue weighted by Crippen LogP contribution is 2.30. The Kier molecular flexibility index (Phi) is 4.26. The van der Waals surface area contributed by atoms with E-state index in [1.165, 1.54) is 12.0 Å². The van der Waals surface area contributed by atoms with Crippen molar-refractivity contribution in [1.29, 1.82) is 0 Å². The molecule has 0 atom stereocenters. The lowest BCUT2D eigenvalue weighted by Crippen LogP contribution is -2.33. The highest BCUT2D eigenvalue weighted by atomic mass is 16.2. The van der Waals surface area contributed by atoms with Crippen LogP contribution in [0.15, 0.2) is 48.5 Å². The number of fused-ring (bicyclic) bond motifs is 1. The SMILES string of the molecule is O=C(NCc1ccc2c(c1)CCN2C(=O)c1ccccc1)C1CCC1. The van der Waals surface area contributed by atoms with Crippen LogP contribution < -0.4 is 10.2 Å². The van der Waals surface area contributed by atoms with Gasteiger partial charge in [0.1, 0.15) is 0 Å². The summed E-state index contributed by atoms with van der Waals surface area (Å²) in [5, 5.41) is 3.03. The summed E-state index contributed by atoms with van der Waals surface area (Å²) in [6, 6.07) is 15.5. The van der Waals surface area contributed by atoms with Crippen LogP contribution in [-0.4, -0.2) is 18.4 Å². The number of rotatable bonds is 4. The Morgan fingerprint density at radius 2 is 1.88 bits per heavy atom. The summed E-state index contributed by atoms with van der Waals surface area (Å²) in [6.07, 6.45) is 4.07. The first-order valence-corrected chi connectivity index (χ1v) is 8.99. The number of hydrogen-bond donors (Lipinski definition) is 1. The van der Waals surface area contributed by atoms with E-state index in [9.17, 15) is 9.59 Å². The summed E-state index contributed by atoms with van der Waals surface area (Å²) in [5.41, 5.74) is 3.98. The van der Waals surface area contributed by atoms with Gasteiger partial charge in [0.25, 0.3) is 5.91 Å². The largest absolute Gasteiger partial charge is 0.352 e. The molecule has 1 saturated carbocycles. The van der Waals surface area contributed by atoms with Crippen LogP contribution in [0.5, 0.6) is 0 Å². The lowest BCUT2D eigenvalue weighted by molar-refractivity contribution is -0.127. The minimum absolute atomic E-state index is 0.0467. The molecule has 0 spiro atoms. The van der Waals surface area contributed by atoms with Gasteiger partial charge in [-0.25, -0.2) is 0 Å². The van der Waals surface area contributed by atoms with E-state index < -0.39 is 0 Å². The third kappa shape index (κ3) is 3.16. The Labute approximate surface area is 147 Å². The zero-order valence-corrected chi connectivity index (χ0v) is 14.2. The van der Waals surface area contributed by atoms with Gasteiger partial charge in [0, 0.05) is 30.3 Å². The lowest BCUT2D eigenvalue weighted by Gasteiger charge is -2.24. The Morgan fingerprint density at radius 1 is 1.08 bits per heavy atom. The van der Waals surface area contributed by atoms with Crippen molar-refractivity contribution >= 4 is 17.5 Å². The number of carbonyl (C=O) groups is 2. The van der Waals surface area contributed by atoms with Gasteiger partial charge in [0.2, 0.25) is 5.91 Å². The van der Waals surface area contributed by atoms with Crippen molar-refractivity contribution in [2.45, 2.75) is 32.2 Å². The van der Waals surface area contributed by atoms with Crippen LogP contribution in [0.2, 0.25) is 0 Å². The standard InChI is InChI=1S/C21H22N2O2/c24-20(16-7-4-8-16)22-14-15-9-10-19-18(13-15)11-12-23(19)21(25)17-5-2-1-3-6-17/h1-3,5-6,9-10,13,16H,4,7-8,11-12,14H2,(H,22,24). The van der Waals surface area contributed by atoms with E-state index in [-0.39, 0.29) is 17.7 Å². The first kappa shape index (κ1) is 15.9. The van der Waals surface area contributed by atoms with Crippen molar-refractivity contribution in [1.82, 2.24) is 5.32 Å². The van der Waals surface area contributed by atoms with Gasteiger partial charge in [-0.1, -0.05) is 36.8 Å². The topological polar surface area (TPSA) is 49.4 Å². The lowest BCUT2D eigenvalue weighted by atomic mass is 9.85. The number of nitrogens with zero attached hydrogens (tertiary/aromatic N) is 1. The number of nitrogens with one attached hydrogen (secondary N) is 1. The first-order chi connectivity index (χ1) is 12.2. The monoisotopic (exact) mass is 334 g/mol. The smallest absolute Gasteiger partial charge is 0.258 e. The van der Waals surface area contributed by atoms with Crippen LogP contribution >= 0.6 is 0 Å². The van der Waals surface area contributed by atoms with E-state index in [2.05, 4.69) is 11.4 Å². The fourth-order valence-corrected chi connectivity index (χ4v) is 3.52. The predicted octanol–water partition coefficient (Wildman–Crippen LogP) is 3.31. The molecule has 2 aromatic carbocycles. The molecule has 0 aromatic heterocycles. The predicted molar refractivity (Wildman–Crippen MR) is 97.5 cm³/mol. The van der Waals surface area contributed by atoms with Gasteiger partial charge >= 0.3 is 0 Å². The highest BCUT2D eigenvalue weighted by molar-refractivity contribution is 6.07. The van der Waals surface area contributed by atoms with Crippen LogP contribution in [0, 0.1) is 5.92 Å². The quantitative estimate of drug-likeness (QED) is 0.932. The molecule has 1 N–H and O–H groups in total. The molecular weight excluding hydrogens is 312 g/mol. The molecule has 4 heteroatoms. The minimum Gasteiger partial charge on any atom is -0.352 e. The first-order valence-electron chi connectivity index (χ1n) is 8.99. The molecular formula is C21H22N2O2. The van der Waals surface area contributed by atoms with E-state index in [0.29, 0.717) is 18.7 Å².